The van der Waals surface area contributed by atoms with Gasteiger partial charge >= 0.3 is 12.4 Å². The number of hydrogen-bond acceptors (Lipinski definition) is 3. The number of carbonyl (C=O) groups excluding carboxylic acids is 2. The van der Waals surface area contributed by atoms with Crippen LogP contribution in [0.5, 0.6) is 5.75 Å². The number of benzene rings is 1. The fraction of sp³-hybridized carbons (Fsp3) is 0.467. The summed E-state index contributed by atoms with van der Waals surface area (Å²) in [6.45, 7) is 0.887. The summed E-state index contributed by atoms with van der Waals surface area (Å²) >= 11 is 0. The predicted molar refractivity (Wildman–Crippen MR) is 80.5 cm³/mol. The number of anilines is 1. The van der Waals surface area contributed by atoms with Gasteiger partial charge in [0.25, 0.3) is 0 Å². The third kappa shape index (κ3) is 5.04. The Kier molecular flexibility index (Phi) is 5.53. The van der Waals surface area contributed by atoms with Crippen molar-refractivity contribution in [3.05, 3.63) is 24.3 Å². The first-order valence-corrected chi connectivity index (χ1v) is 7.42. The van der Waals surface area contributed by atoms with Crippen LogP contribution in [0.1, 0.15) is 12.8 Å². The Hall–Kier alpha value is -2.45. The van der Waals surface area contributed by atoms with E-state index < -0.39 is 6.36 Å². The topological polar surface area (TPSA) is 70.7 Å². The molecule has 0 unspecified atom stereocenters. The quantitative estimate of drug-likeness (QED) is 0.885. The molecule has 0 aromatic heterocycles. The molecule has 1 saturated heterocycles. The van der Waals surface area contributed by atoms with Crippen molar-refractivity contribution in [1.82, 2.24) is 10.2 Å². The second-order valence-corrected chi connectivity index (χ2v) is 5.38. The van der Waals surface area contributed by atoms with Gasteiger partial charge in [0.15, 0.2) is 0 Å². The third-order valence-corrected chi connectivity index (χ3v) is 3.74. The molecule has 1 aliphatic rings. The molecule has 0 saturated carbocycles. The van der Waals surface area contributed by atoms with Gasteiger partial charge in [0, 0.05) is 31.7 Å². The van der Waals surface area contributed by atoms with Crippen LogP contribution >= 0.6 is 0 Å². The van der Waals surface area contributed by atoms with Crippen molar-refractivity contribution in [2.24, 2.45) is 5.92 Å². The molecular weight excluding hydrogens is 327 g/mol. The highest BCUT2D eigenvalue weighted by atomic mass is 19.4. The zero-order chi connectivity index (χ0) is 17.7. The molecule has 2 rings (SSSR count). The number of alkyl halides is 3. The second-order valence-electron chi connectivity index (χ2n) is 5.38. The van der Waals surface area contributed by atoms with Crippen molar-refractivity contribution in [3.8, 4) is 5.75 Å². The number of ether oxygens (including phenoxy) is 1. The standard InChI is InChI=1S/C15H18F3N3O3/c1-19-13(22)10-6-8-21(9-7-10)14(23)20-11-2-4-12(5-3-11)24-15(16,17)18/h2-5,10H,6-9H2,1H3,(H,19,22)(H,20,23). The van der Waals surface area contributed by atoms with Crippen LogP contribution < -0.4 is 15.4 Å². The van der Waals surface area contributed by atoms with Crippen LogP contribution in [0.15, 0.2) is 24.3 Å². The fourth-order valence-corrected chi connectivity index (χ4v) is 2.49. The Balaban J connectivity index is 1.86. The van der Waals surface area contributed by atoms with E-state index in [-0.39, 0.29) is 23.6 Å². The molecule has 24 heavy (non-hydrogen) atoms. The highest BCUT2D eigenvalue weighted by Crippen LogP contribution is 2.24. The normalized spacial score (nSPS) is 15.8. The van der Waals surface area contributed by atoms with Gasteiger partial charge in [0.1, 0.15) is 5.75 Å². The van der Waals surface area contributed by atoms with Crippen molar-refractivity contribution in [1.29, 1.82) is 0 Å². The number of hydrogen-bond donors (Lipinski definition) is 2. The average Bonchev–Trinajstić information content (AvgIpc) is 2.54. The van der Waals surface area contributed by atoms with E-state index in [0.29, 0.717) is 31.6 Å². The van der Waals surface area contributed by atoms with Crippen LogP contribution in [0.25, 0.3) is 0 Å². The van der Waals surface area contributed by atoms with Crippen LogP contribution in [0, 0.1) is 5.92 Å². The van der Waals surface area contributed by atoms with Crippen molar-refractivity contribution >= 4 is 17.6 Å². The van der Waals surface area contributed by atoms with Gasteiger partial charge in [-0.15, -0.1) is 13.2 Å². The Labute approximate surface area is 137 Å². The molecule has 0 bridgehead atoms. The Bertz CT molecular complexity index is 582. The van der Waals surface area contributed by atoms with Crippen LogP contribution in [-0.2, 0) is 4.79 Å². The molecule has 1 fully saturated rings. The zero-order valence-electron chi connectivity index (χ0n) is 13.0. The monoisotopic (exact) mass is 345 g/mol. The number of halogens is 3. The molecule has 0 atom stereocenters. The zero-order valence-corrected chi connectivity index (χ0v) is 13.0. The predicted octanol–water partition coefficient (Wildman–Crippen LogP) is 2.58. The molecule has 3 amide bonds. The van der Waals surface area contributed by atoms with Gasteiger partial charge in [0.2, 0.25) is 5.91 Å². The van der Waals surface area contributed by atoms with E-state index in [1.54, 1.807) is 11.9 Å². The van der Waals surface area contributed by atoms with E-state index in [4.69, 9.17) is 0 Å². The summed E-state index contributed by atoms with van der Waals surface area (Å²) in [7, 11) is 1.58. The van der Waals surface area contributed by atoms with E-state index in [0.717, 1.165) is 12.1 Å². The molecule has 9 heteroatoms. The van der Waals surface area contributed by atoms with Crippen LogP contribution in [0.2, 0.25) is 0 Å². The van der Waals surface area contributed by atoms with Gasteiger partial charge in [-0.1, -0.05) is 0 Å². The summed E-state index contributed by atoms with van der Waals surface area (Å²) in [4.78, 5) is 25.2. The lowest BCUT2D eigenvalue weighted by molar-refractivity contribution is -0.274. The Morgan fingerprint density at radius 2 is 1.75 bits per heavy atom. The van der Waals surface area contributed by atoms with Crippen LogP contribution in [0.3, 0.4) is 0 Å². The molecule has 1 heterocycles. The first kappa shape index (κ1) is 17.9. The van der Waals surface area contributed by atoms with Crippen LogP contribution in [-0.4, -0.2) is 43.3 Å². The SMILES string of the molecule is CNC(=O)C1CCN(C(=O)Nc2ccc(OC(F)(F)F)cc2)CC1. The van der Waals surface area contributed by atoms with Crippen molar-refractivity contribution in [2.75, 3.05) is 25.5 Å². The average molecular weight is 345 g/mol. The number of nitrogens with zero attached hydrogens (tertiary/aromatic N) is 1. The molecule has 0 radical (unpaired) electrons. The Morgan fingerprint density at radius 3 is 2.25 bits per heavy atom. The number of carbonyl (C=O) groups is 2. The largest absolute Gasteiger partial charge is 0.573 e. The first-order chi connectivity index (χ1) is 11.3. The summed E-state index contributed by atoms with van der Waals surface area (Å²) in [6, 6.07) is 4.56. The summed E-state index contributed by atoms with van der Waals surface area (Å²) in [6.07, 6.45) is -3.60. The first-order valence-electron chi connectivity index (χ1n) is 7.42. The van der Waals surface area contributed by atoms with Gasteiger partial charge in [0.05, 0.1) is 0 Å². The maximum absolute atomic E-state index is 12.1. The van der Waals surface area contributed by atoms with E-state index in [1.807, 2.05) is 0 Å². The number of nitrogens with one attached hydrogen (secondary N) is 2. The lowest BCUT2D eigenvalue weighted by atomic mass is 9.96. The lowest BCUT2D eigenvalue weighted by Crippen LogP contribution is -2.44. The summed E-state index contributed by atoms with van der Waals surface area (Å²) in [5.41, 5.74) is 0.364. The van der Waals surface area contributed by atoms with E-state index in [9.17, 15) is 22.8 Å². The number of rotatable bonds is 3. The number of piperidine rings is 1. The van der Waals surface area contributed by atoms with Gasteiger partial charge in [-0.25, -0.2) is 4.79 Å². The second kappa shape index (κ2) is 7.41. The van der Waals surface area contributed by atoms with Gasteiger partial charge < -0.3 is 20.3 Å². The Morgan fingerprint density at radius 1 is 1.17 bits per heavy atom. The fourth-order valence-electron chi connectivity index (χ4n) is 2.49. The molecule has 6 nitrogen and oxygen atoms in total. The van der Waals surface area contributed by atoms with Gasteiger partial charge in [-0.2, -0.15) is 0 Å². The van der Waals surface area contributed by atoms with E-state index >= 15 is 0 Å². The maximum Gasteiger partial charge on any atom is 0.573 e. The van der Waals surface area contributed by atoms with E-state index in [2.05, 4.69) is 15.4 Å². The number of urea groups is 1. The van der Waals surface area contributed by atoms with E-state index in [1.165, 1.54) is 12.1 Å². The highest BCUT2D eigenvalue weighted by Gasteiger charge is 2.31. The minimum Gasteiger partial charge on any atom is -0.406 e. The molecule has 132 valence electrons. The molecule has 1 aromatic rings. The van der Waals surface area contributed by atoms with Crippen molar-refractivity contribution < 1.29 is 27.5 Å². The van der Waals surface area contributed by atoms with Crippen molar-refractivity contribution in [3.63, 3.8) is 0 Å². The van der Waals surface area contributed by atoms with Gasteiger partial charge in [-0.05, 0) is 37.1 Å². The summed E-state index contributed by atoms with van der Waals surface area (Å²) in [5.74, 6) is -0.486. The smallest absolute Gasteiger partial charge is 0.406 e. The molecule has 0 spiro atoms. The number of likely N-dealkylation sites (tertiary alicyclic amines) is 1. The molecule has 1 aromatic carbocycles. The third-order valence-electron chi connectivity index (χ3n) is 3.74. The molecule has 1 aliphatic heterocycles. The highest BCUT2D eigenvalue weighted by molar-refractivity contribution is 5.89. The van der Waals surface area contributed by atoms with Crippen molar-refractivity contribution in [2.45, 2.75) is 19.2 Å². The minimum absolute atomic E-state index is 0.0321. The molecule has 2 N–H and O–H groups in total. The molecular formula is C15H18F3N3O3. The summed E-state index contributed by atoms with van der Waals surface area (Å²) in [5, 5.41) is 5.20. The van der Waals surface area contributed by atoms with Gasteiger partial charge in [-0.3, -0.25) is 4.79 Å². The van der Waals surface area contributed by atoms with Crippen LogP contribution in [0.4, 0.5) is 23.7 Å². The number of amides is 3. The molecule has 0 aliphatic carbocycles. The summed E-state index contributed by atoms with van der Waals surface area (Å²) < 4.78 is 40.0. The lowest BCUT2D eigenvalue weighted by Gasteiger charge is -2.31. The maximum atomic E-state index is 12.1. The minimum atomic E-state index is -4.75.